The number of ether oxygens (including phenoxy) is 2. The van der Waals surface area contributed by atoms with Gasteiger partial charge in [0.25, 0.3) is 11.8 Å². The number of anilines is 1. The molecule has 0 radical (unpaired) electrons. The van der Waals surface area contributed by atoms with Crippen molar-refractivity contribution < 1.29 is 29.0 Å². The van der Waals surface area contributed by atoms with Gasteiger partial charge in [-0.25, -0.2) is 4.79 Å². The third-order valence-electron chi connectivity index (χ3n) is 5.68. The number of carbonyl (C=O) groups is 3. The number of benzene rings is 3. The summed E-state index contributed by atoms with van der Waals surface area (Å²) in [5.41, 5.74) is 3.70. The molecule has 0 spiro atoms. The van der Waals surface area contributed by atoms with Gasteiger partial charge >= 0.3 is 5.97 Å². The molecule has 188 valence electrons. The van der Waals surface area contributed by atoms with Crippen LogP contribution in [-0.4, -0.2) is 35.1 Å². The highest BCUT2D eigenvalue weighted by molar-refractivity contribution is 7.80. The largest absolute Gasteiger partial charge is 0.493 e. The number of carboxylic acid groups (broad SMARTS) is 1. The fraction of sp³-hybridized carbons (Fsp3) is 0.143. The normalized spacial score (nSPS) is 14.5. The van der Waals surface area contributed by atoms with Crippen molar-refractivity contribution in [3.05, 3.63) is 94.1 Å². The highest BCUT2D eigenvalue weighted by Gasteiger charge is 2.35. The molecule has 1 aliphatic rings. The zero-order chi connectivity index (χ0) is 26.7. The van der Waals surface area contributed by atoms with Gasteiger partial charge in [-0.2, -0.15) is 0 Å². The van der Waals surface area contributed by atoms with E-state index in [0.717, 1.165) is 16.7 Å². The number of nitrogens with one attached hydrogen (secondary N) is 1. The molecule has 0 atom stereocenters. The number of methoxy groups -OCH3 is 1. The molecule has 8 nitrogen and oxygen atoms in total. The molecule has 2 amide bonds. The van der Waals surface area contributed by atoms with E-state index in [2.05, 4.69) is 5.32 Å². The van der Waals surface area contributed by atoms with E-state index in [1.54, 1.807) is 30.3 Å². The minimum atomic E-state index is -1.02. The Hall–Kier alpha value is -4.50. The molecule has 0 unspecified atom stereocenters. The maximum absolute atomic E-state index is 13.5. The maximum atomic E-state index is 13.5. The lowest BCUT2D eigenvalue weighted by Crippen LogP contribution is -2.54. The van der Waals surface area contributed by atoms with Gasteiger partial charge in [-0.05, 0) is 79.2 Å². The van der Waals surface area contributed by atoms with Crippen LogP contribution < -0.4 is 19.7 Å². The third kappa shape index (κ3) is 5.52. The Morgan fingerprint density at radius 3 is 2.35 bits per heavy atom. The summed E-state index contributed by atoms with van der Waals surface area (Å²) in [6, 6.07) is 17.0. The summed E-state index contributed by atoms with van der Waals surface area (Å²) in [7, 11) is 1.49. The van der Waals surface area contributed by atoms with Crippen molar-refractivity contribution in [2.75, 3.05) is 12.0 Å². The quantitative estimate of drug-likeness (QED) is 0.272. The first-order chi connectivity index (χ1) is 17.7. The Kier molecular flexibility index (Phi) is 7.35. The SMILES string of the molecule is COc1cccc(/C=C2\C(=O)NC(=S)N(c3cc(C)cc(C)c3)C2=O)c1OCc1ccc(C(=O)O)cc1. The number of aromatic carboxylic acids is 1. The van der Waals surface area contributed by atoms with Crippen molar-refractivity contribution in [3.8, 4) is 11.5 Å². The van der Waals surface area contributed by atoms with Gasteiger partial charge in [0.2, 0.25) is 0 Å². The zero-order valence-electron chi connectivity index (χ0n) is 20.4. The predicted molar refractivity (Wildman–Crippen MR) is 143 cm³/mol. The topological polar surface area (TPSA) is 105 Å². The average Bonchev–Trinajstić information content (AvgIpc) is 2.85. The molecule has 1 aliphatic heterocycles. The molecule has 3 aromatic carbocycles. The summed E-state index contributed by atoms with van der Waals surface area (Å²) < 4.78 is 11.5. The predicted octanol–water partition coefficient (Wildman–Crippen LogP) is 4.42. The van der Waals surface area contributed by atoms with Gasteiger partial charge in [-0.1, -0.05) is 30.3 Å². The van der Waals surface area contributed by atoms with Crippen molar-refractivity contribution >= 4 is 46.9 Å². The number of thiocarbonyl (C=S) groups is 1. The number of hydrogen-bond donors (Lipinski definition) is 2. The Labute approximate surface area is 219 Å². The van der Waals surface area contributed by atoms with Crippen LogP contribution in [0, 0.1) is 13.8 Å². The number of aryl methyl sites for hydroxylation is 2. The molecule has 37 heavy (non-hydrogen) atoms. The van der Waals surface area contributed by atoms with E-state index in [1.807, 2.05) is 32.0 Å². The first-order valence-corrected chi connectivity index (χ1v) is 11.7. The minimum absolute atomic E-state index is 0.00377. The number of carbonyl (C=O) groups excluding carboxylic acids is 2. The fourth-order valence-corrected chi connectivity index (χ4v) is 4.27. The van der Waals surface area contributed by atoms with Crippen molar-refractivity contribution in [3.63, 3.8) is 0 Å². The molecule has 1 heterocycles. The second-order valence-electron chi connectivity index (χ2n) is 8.47. The molecule has 9 heteroatoms. The molecule has 0 bridgehead atoms. The van der Waals surface area contributed by atoms with Crippen molar-refractivity contribution in [1.29, 1.82) is 0 Å². The van der Waals surface area contributed by atoms with Gasteiger partial charge in [-0.15, -0.1) is 0 Å². The number of rotatable bonds is 7. The van der Waals surface area contributed by atoms with Crippen LogP contribution in [0.5, 0.6) is 11.5 Å². The number of para-hydroxylation sites is 1. The summed E-state index contributed by atoms with van der Waals surface area (Å²) in [5, 5.41) is 11.7. The Morgan fingerprint density at radius 1 is 1.05 bits per heavy atom. The van der Waals surface area contributed by atoms with Crippen molar-refractivity contribution in [1.82, 2.24) is 5.32 Å². The van der Waals surface area contributed by atoms with Crippen LogP contribution in [-0.2, 0) is 16.2 Å². The first-order valence-electron chi connectivity index (χ1n) is 11.3. The van der Waals surface area contributed by atoms with Gasteiger partial charge in [0, 0.05) is 5.56 Å². The lowest BCUT2D eigenvalue weighted by atomic mass is 10.0. The maximum Gasteiger partial charge on any atom is 0.335 e. The molecule has 0 aliphatic carbocycles. The first kappa shape index (κ1) is 25.6. The fourth-order valence-electron chi connectivity index (χ4n) is 3.99. The van der Waals surface area contributed by atoms with E-state index in [9.17, 15) is 14.4 Å². The van der Waals surface area contributed by atoms with E-state index >= 15 is 0 Å². The standard InChI is InChI=1S/C28H24N2O6S/c1-16-11-17(2)13-21(12-16)30-26(32)22(25(31)29-28(30)37)14-20-5-4-6-23(35-3)24(20)36-15-18-7-9-19(10-8-18)27(33)34/h4-14H,15H2,1-3H3,(H,33,34)(H,29,31,37)/b22-14+. The van der Waals surface area contributed by atoms with E-state index in [1.165, 1.54) is 30.2 Å². The second-order valence-corrected chi connectivity index (χ2v) is 8.86. The van der Waals surface area contributed by atoms with Crippen LogP contribution in [0.2, 0.25) is 0 Å². The molecule has 0 aromatic heterocycles. The summed E-state index contributed by atoms with van der Waals surface area (Å²) >= 11 is 5.32. The van der Waals surface area contributed by atoms with E-state index < -0.39 is 17.8 Å². The van der Waals surface area contributed by atoms with Crippen LogP contribution in [0.1, 0.15) is 32.6 Å². The summed E-state index contributed by atoms with van der Waals surface area (Å²) in [6.07, 6.45) is 1.44. The zero-order valence-corrected chi connectivity index (χ0v) is 21.2. The monoisotopic (exact) mass is 516 g/mol. The number of nitrogens with zero attached hydrogens (tertiary/aromatic N) is 1. The smallest absolute Gasteiger partial charge is 0.335 e. The van der Waals surface area contributed by atoms with Crippen LogP contribution in [0.25, 0.3) is 6.08 Å². The Morgan fingerprint density at radius 2 is 1.73 bits per heavy atom. The summed E-state index contributed by atoms with van der Waals surface area (Å²) in [6.45, 7) is 3.94. The Bertz CT molecular complexity index is 1430. The second kappa shape index (κ2) is 10.6. The molecular weight excluding hydrogens is 492 g/mol. The molecule has 2 N–H and O–H groups in total. The number of hydrogen-bond acceptors (Lipinski definition) is 6. The lowest BCUT2D eigenvalue weighted by Gasteiger charge is -2.29. The van der Waals surface area contributed by atoms with Crippen LogP contribution in [0.3, 0.4) is 0 Å². The van der Waals surface area contributed by atoms with Gasteiger partial charge in [0.15, 0.2) is 16.6 Å². The third-order valence-corrected chi connectivity index (χ3v) is 5.96. The van der Waals surface area contributed by atoms with Gasteiger partial charge in [0.05, 0.1) is 18.4 Å². The summed E-state index contributed by atoms with van der Waals surface area (Å²) in [5.74, 6) is -1.46. The molecule has 1 fully saturated rings. The van der Waals surface area contributed by atoms with Crippen molar-refractivity contribution in [2.24, 2.45) is 0 Å². The van der Waals surface area contributed by atoms with Crippen LogP contribution in [0.4, 0.5) is 5.69 Å². The van der Waals surface area contributed by atoms with E-state index in [-0.39, 0.29) is 22.9 Å². The average molecular weight is 517 g/mol. The number of carboxylic acids is 1. The molecule has 4 rings (SSSR count). The highest BCUT2D eigenvalue weighted by Crippen LogP contribution is 2.34. The van der Waals surface area contributed by atoms with Gasteiger partial charge in [-0.3, -0.25) is 19.8 Å². The van der Waals surface area contributed by atoms with Crippen molar-refractivity contribution in [2.45, 2.75) is 20.5 Å². The van der Waals surface area contributed by atoms with Gasteiger partial charge in [0.1, 0.15) is 12.2 Å². The van der Waals surface area contributed by atoms with E-state index in [4.69, 9.17) is 26.8 Å². The van der Waals surface area contributed by atoms with Gasteiger partial charge < -0.3 is 14.6 Å². The summed E-state index contributed by atoms with van der Waals surface area (Å²) in [4.78, 5) is 38.7. The molecular formula is C28H24N2O6S. The van der Waals surface area contributed by atoms with Crippen LogP contribution >= 0.6 is 12.2 Å². The molecule has 0 saturated carbocycles. The van der Waals surface area contributed by atoms with E-state index in [0.29, 0.717) is 22.7 Å². The highest BCUT2D eigenvalue weighted by atomic mass is 32.1. The molecule has 1 saturated heterocycles. The molecule has 3 aromatic rings. The van der Waals surface area contributed by atoms with Crippen LogP contribution in [0.15, 0.2) is 66.2 Å². The minimum Gasteiger partial charge on any atom is -0.493 e. The Balaban J connectivity index is 1.69. The number of amides is 2. The lowest BCUT2D eigenvalue weighted by molar-refractivity contribution is -0.122.